The van der Waals surface area contributed by atoms with Crippen molar-refractivity contribution in [1.29, 1.82) is 0 Å². The highest BCUT2D eigenvalue weighted by Crippen LogP contribution is 2.44. The summed E-state index contributed by atoms with van der Waals surface area (Å²) in [4.78, 5) is 0. The zero-order valence-corrected chi connectivity index (χ0v) is 11.7. The third-order valence-corrected chi connectivity index (χ3v) is 6.18. The summed E-state index contributed by atoms with van der Waals surface area (Å²) in [5.74, 6) is 9.80. The van der Waals surface area contributed by atoms with Gasteiger partial charge >= 0.3 is 0 Å². The molecule has 0 amide bonds. The van der Waals surface area contributed by atoms with E-state index in [-0.39, 0.29) is 0 Å². The number of nitrogens with one attached hydrogen (secondary N) is 1. The third kappa shape index (κ3) is 2.75. The summed E-state index contributed by atoms with van der Waals surface area (Å²) in [5.41, 5.74) is 3.17. The Balaban J connectivity index is 1.54. The third-order valence-electron chi connectivity index (χ3n) is 6.18. The number of hydrazine groups is 1. The van der Waals surface area contributed by atoms with Crippen LogP contribution < -0.4 is 11.3 Å². The minimum absolute atomic E-state index is 0.609. The number of fused-ring (bicyclic) bond motifs is 1. The minimum Gasteiger partial charge on any atom is -0.271 e. The van der Waals surface area contributed by atoms with E-state index in [1.54, 1.807) is 0 Å². The Morgan fingerprint density at radius 3 is 2.33 bits per heavy atom. The number of nitrogens with two attached hydrogens (primary N) is 1. The molecule has 3 saturated carbocycles. The molecule has 0 radical (unpaired) electrons. The van der Waals surface area contributed by atoms with Gasteiger partial charge < -0.3 is 0 Å². The molecule has 0 aliphatic heterocycles. The van der Waals surface area contributed by atoms with Gasteiger partial charge in [-0.1, -0.05) is 44.9 Å². The van der Waals surface area contributed by atoms with Crippen molar-refractivity contribution in [2.45, 2.75) is 76.7 Å². The molecule has 4 unspecified atom stereocenters. The van der Waals surface area contributed by atoms with Gasteiger partial charge in [0.15, 0.2) is 0 Å². The van der Waals surface area contributed by atoms with E-state index in [9.17, 15) is 0 Å². The second-order valence-corrected chi connectivity index (χ2v) is 7.18. The van der Waals surface area contributed by atoms with E-state index in [1.165, 1.54) is 70.6 Å². The van der Waals surface area contributed by atoms with Gasteiger partial charge in [0.05, 0.1) is 0 Å². The molecule has 3 aliphatic carbocycles. The van der Waals surface area contributed by atoms with Crippen molar-refractivity contribution in [2.24, 2.45) is 29.5 Å². The Morgan fingerprint density at radius 1 is 0.889 bits per heavy atom. The maximum absolute atomic E-state index is 5.85. The lowest BCUT2D eigenvalue weighted by atomic mass is 9.65. The molecule has 0 heterocycles. The van der Waals surface area contributed by atoms with Crippen molar-refractivity contribution in [1.82, 2.24) is 5.43 Å². The van der Waals surface area contributed by atoms with E-state index >= 15 is 0 Å². The molecule has 2 nitrogen and oxygen atoms in total. The van der Waals surface area contributed by atoms with Gasteiger partial charge in [-0.15, -0.1) is 0 Å². The molecule has 18 heavy (non-hydrogen) atoms. The lowest BCUT2D eigenvalue weighted by Crippen LogP contribution is -2.45. The molecular weight excluding hydrogens is 220 g/mol. The molecule has 0 saturated heterocycles. The average molecular weight is 250 g/mol. The first-order valence-electron chi connectivity index (χ1n) is 8.33. The van der Waals surface area contributed by atoms with Gasteiger partial charge in [-0.3, -0.25) is 11.3 Å². The lowest BCUT2D eigenvalue weighted by molar-refractivity contribution is 0.0966. The standard InChI is InChI=1S/C16H30N2/c17-18-16(10-12-4-3-5-12)15-9-8-13-6-1-2-7-14(13)11-15/h12-16,18H,1-11,17H2. The van der Waals surface area contributed by atoms with Gasteiger partial charge in [0.1, 0.15) is 0 Å². The van der Waals surface area contributed by atoms with Crippen LogP contribution in [0, 0.1) is 23.7 Å². The molecule has 3 fully saturated rings. The van der Waals surface area contributed by atoms with Crippen LogP contribution in [0.25, 0.3) is 0 Å². The molecule has 104 valence electrons. The van der Waals surface area contributed by atoms with Crippen LogP contribution in [-0.2, 0) is 0 Å². The Labute approximate surface area is 112 Å². The number of hydrogen-bond donors (Lipinski definition) is 2. The summed E-state index contributed by atoms with van der Waals surface area (Å²) in [6.45, 7) is 0. The van der Waals surface area contributed by atoms with Crippen LogP contribution in [0.4, 0.5) is 0 Å². The van der Waals surface area contributed by atoms with Crippen LogP contribution in [-0.4, -0.2) is 6.04 Å². The molecule has 0 aromatic heterocycles. The first kappa shape index (κ1) is 12.9. The molecule has 0 spiro atoms. The van der Waals surface area contributed by atoms with Crippen molar-refractivity contribution in [3.63, 3.8) is 0 Å². The molecule has 2 heteroatoms. The summed E-state index contributed by atoms with van der Waals surface area (Å²) in [6, 6.07) is 0.609. The van der Waals surface area contributed by atoms with Crippen molar-refractivity contribution in [3.8, 4) is 0 Å². The van der Waals surface area contributed by atoms with Crippen LogP contribution in [0.1, 0.15) is 70.6 Å². The summed E-state index contributed by atoms with van der Waals surface area (Å²) in [6.07, 6.45) is 16.1. The van der Waals surface area contributed by atoms with Crippen molar-refractivity contribution in [3.05, 3.63) is 0 Å². The van der Waals surface area contributed by atoms with Gasteiger partial charge in [-0.2, -0.15) is 0 Å². The molecule has 3 N–H and O–H groups in total. The van der Waals surface area contributed by atoms with Crippen molar-refractivity contribution < 1.29 is 0 Å². The molecule has 0 aromatic carbocycles. The van der Waals surface area contributed by atoms with E-state index in [4.69, 9.17) is 5.84 Å². The predicted molar refractivity (Wildman–Crippen MR) is 75.9 cm³/mol. The molecule has 0 bridgehead atoms. The second-order valence-electron chi connectivity index (χ2n) is 7.18. The highest BCUT2D eigenvalue weighted by Gasteiger charge is 2.36. The van der Waals surface area contributed by atoms with Crippen LogP contribution in [0.5, 0.6) is 0 Å². The van der Waals surface area contributed by atoms with Crippen LogP contribution in [0.3, 0.4) is 0 Å². The Kier molecular flexibility index (Phi) is 4.25. The van der Waals surface area contributed by atoms with E-state index in [0.717, 1.165) is 23.7 Å². The molecule has 3 aliphatic rings. The lowest BCUT2D eigenvalue weighted by Gasteiger charge is -2.43. The van der Waals surface area contributed by atoms with Crippen molar-refractivity contribution in [2.75, 3.05) is 0 Å². The smallest absolute Gasteiger partial charge is 0.0241 e. The van der Waals surface area contributed by atoms with Crippen LogP contribution in [0.2, 0.25) is 0 Å². The summed E-state index contributed by atoms with van der Waals surface area (Å²) < 4.78 is 0. The van der Waals surface area contributed by atoms with E-state index in [1.807, 2.05) is 0 Å². The van der Waals surface area contributed by atoms with E-state index in [2.05, 4.69) is 5.43 Å². The van der Waals surface area contributed by atoms with Gasteiger partial charge in [0.2, 0.25) is 0 Å². The molecule has 4 atom stereocenters. The number of rotatable bonds is 4. The zero-order chi connectivity index (χ0) is 12.4. The summed E-state index contributed by atoms with van der Waals surface area (Å²) in [7, 11) is 0. The largest absolute Gasteiger partial charge is 0.271 e. The fraction of sp³-hybridized carbons (Fsp3) is 1.00. The average Bonchev–Trinajstić information content (AvgIpc) is 2.37. The highest BCUT2D eigenvalue weighted by molar-refractivity contribution is 4.89. The molecular formula is C16H30N2. The van der Waals surface area contributed by atoms with Crippen LogP contribution in [0.15, 0.2) is 0 Å². The fourth-order valence-corrected chi connectivity index (χ4v) is 4.76. The van der Waals surface area contributed by atoms with Gasteiger partial charge in [0, 0.05) is 6.04 Å². The van der Waals surface area contributed by atoms with Crippen molar-refractivity contribution >= 4 is 0 Å². The quantitative estimate of drug-likeness (QED) is 0.591. The predicted octanol–water partition coefficient (Wildman–Crippen LogP) is 3.62. The summed E-state index contributed by atoms with van der Waals surface area (Å²) in [5, 5.41) is 0. The van der Waals surface area contributed by atoms with E-state index < -0.39 is 0 Å². The minimum atomic E-state index is 0.609. The second kappa shape index (κ2) is 5.92. The first-order valence-corrected chi connectivity index (χ1v) is 8.33. The normalized spacial score (nSPS) is 38.8. The summed E-state index contributed by atoms with van der Waals surface area (Å²) >= 11 is 0. The fourth-order valence-electron chi connectivity index (χ4n) is 4.76. The van der Waals surface area contributed by atoms with Gasteiger partial charge in [-0.25, -0.2) is 0 Å². The Morgan fingerprint density at radius 2 is 1.67 bits per heavy atom. The Bertz CT molecular complexity index is 262. The topological polar surface area (TPSA) is 38.0 Å². The molecule has 0 aromatic rings. The Hall–Kier alpha value is -0.0800. The molecule has 3 rings (SSSR count). The maximum atomic E-state index is 5.85. The first-order chi connectivity index (χ1) is 8.86. The zero-order valence-electron chi connectivity index (χ0n) is 11.7. The van der Waals surface area contributed by atoms with Gasteiger partial charge in [0.25, 0.3) is 0 Å². The van der Waals surface area contributed by atoms with Crippen LogP contribution >= 0.6 is 0 Å². The number of hydrogen-bond acceptors (Lipinski definition) is 2. The van der Waals surface area contributed by atoms with E-state index in [0.29, 0.717) is 6.04 Å². The maximum Gasteiger partial charge on any atom is 0.0241 e. The van der Waals surface area contributed by atoms with Gasteiger partial charge in [-0.05, 0) is 49.4 Å². The SMILES string of the molecule is NNC(CC1CCC1)C1CCC2CCCCC2C1. The monoisotopic (exact) mass is 250 g/mol. The highest BCUT2D eigenvalue weighted by atomic mass is 15.2.